The number of methoxy groups -OCH3 is 1. The molecule has 4 aromatic rings. The molecule has 0 bridgehead atoms. The molecule has 0 radical (unpaired) electrons. The van der Waals surface area contributed by atoms with Gasteiger partial charge in [0.05, 0.1) is 25.7 Å². The number of thioether (sulfide) groups is 1. The van der Waals surface area contributed by atoms with Crippen molar-refractivity contribution in [3.05, 3.63) is 84.1 Å². The number of aryl methyl sites for hydroxylation is 1. The quantitative estimate of drug-likeness (QED) is 0.184. The zero-order valence-electron chi connectivity index (χ0n) is 18.9. The number of rotatable bonds is 10. The number of ether oxygens (including phenoxy) is 1. The van der Waals surface area contributed by atoms with Gasteiger partial charge in [-0.1, -0.05) is 17.8 Å². The highest BCUT2D eigenvalue weighted by molar-refractivity contribution is 7.99. The SMILES string of the molecule is C=CCn1c(C)cc(C(=O)CSc2nnc(-c3ccc(OC)cc3)n2Cc2ccco2)c1C. The number of Topliss-reactive ketones (excluding diaryl/α,β-unsaturated/α-hetero) is 1. The fourth-order valence-electron chi connectivity index (χ4n) is 3.75. The minimum atomic E-state index is 0.0574. The van der Waals surface area contributed by atoms with Gasteiger partial charge in [0.1, 0.15) is 11.5 Å². The first-order valence-electron chi connectivity index (χ1n) is 10.6. The van der Waals surface area contributed by atoms with Crippen molar-refractivity contribution >= 4 is 17.5 Å². The Morgan fingerprint density at radius 1 is 1.18 bits per heavy atom. The van der Waals surface area contributed by atoms with Crippen molar-refractivity contribution < 1.29 is 13.9 Å². The van der Waals surface area contributed by atoms with E-state index in [1.54, 1.807) is 13.4 Å². The van der Waals surface area contributed by atoms with E-state index in [1.807, 2.05) is 67.0 Å². The first kappa shape index (κ1) is 22.7. The molecule has 0 amide bonds. The molecule has 0 unspecified atom stereocenters. The van der Waals surface area contributed by atoms with Crippen LogP contribution >= 0.6 is 11.8 Å². The van der Waals surface area contributed by atoms with Crippen LogP contribution in [0.1, 0.15) is 27.5 Å². The minimum absolute atomic E-state index is 0.0574. The predicted molar refractivity (Wildman–Crippen MR) is 129 cm³/mol. The first-order valence-corrected chi connectivity index (χ1v) is 11.5. The second-order valence-electron chi connectivity index (χ2n) is 7.60. The first-order chi connectivity index (χ1) is 16.0. The Morgan fingerprint density at radius 2 is 1.97 bits per heavy atom. The third kappa shape index (κ3) is 4.80. The highest BCUT2D eigenvalue weighted by Gasteiger charge is 2.20. The van der Waals surface area contributed by atoms with Crippen molar-refractivity contribution in [2.45, 2.75) is 32.1 Å². The molecule has 3 aromatic heterocycles. The van der Waals surface area contributed by atoms with Crippen LogP contribution in [0.4, 0.5) is 0 Å². The number of furan rings is 1. The van der Waals surface area contributed by atoms with E-state index in [4.69, 9.17) is 9.15 Å². The molecule has 0 saturated carbocycles. The predicted octanol–water partition coefficient (Wildman–Crippen LogP) is 5.17. The summed E-state index contributed by atoms with van der Waals surface area (Å²) in [5.41, 5.74) is 3.63. The zero-order chi connectivity index (χ0) is 23.4. The van der Waals surface area contributed by atoms with Crippen LogP contribution in [0.15, 0.2) is 71.0 Å². The van der Waals surface area contributed by atoms with Crippen LogP contribution in [0, 0.1) is 13.8 Å². The summed E-state index contributed by atoms with van der Waals surface area (Å²) in [7, 11) is 1.63. The van der Waals surface area contributed by atoms with E-state index in [0.717, 1.165) is 34.0 Å². The van der Waals surface area contributed by atoms with Crippen LogP contribution in [0.2, 0.25) is 0 Å². The van der Waals surface area contributed by atoms with E-state index in [0.29, 0.717) is 24.1 Å². The van der Waals surface area contributed by atoms with Gasteiger partial charge < -0.3 is 13.7 Å². The van der Waals surface area contributed by atoms with E-state index < -0.39 is 0 Å². The van der Waals surface area contributed by atoms with Gasteiger partial charge in [-0.05, 0) is 56.3 Å². The third-order valence-electron chi connectivity index (χ3n) is 5.48. The zero-order valence-corrected chi connectivity index (χ0v) is 19.8. The maximum atomic E-state index is 13.0. The van der Waals surface area contributed by atoms with E-state index in [9.17, 15) is 4.79 Å². The molecule has 0 aliphatic carbocycles. The Bertz CT molecular complexity index is 1250. The fraction of sp³-hybridized carbons (Fsp3) is 0.240. The Balaban J connectivity index is 1.59. The lowest BCUT2D eigenvalue weighted by Gasteiger charge is -2.09. The molecule has 0 N–H and O–H groups in total. The van der Waals surface area contributed by atoms with Crippen LogP contribution in [-0.2, 0) is 13.1 Å². The summed E-state index contributed by atoms with van der Waals surface area (Å²) in [5.74, 6) is 2.57. The van der Waals surface area contributed by atoms with E-state index >= 15 is 0 Å². The van der Waals surface area contributed by atoms with Gasteiger partial charge in [-0.25, -0.2) is 0 Å². The summed E-state index contributed by atoms with van der Waals surface area (Å²) < 4.78 is 14.9. The lowest BCUT2D eigenvalue weighted by Crippen LogP contribution is -2.08. The summed E-state index contributed by atoms with van der Waals surface area (Å²) >= 11 is 1.38. The second-order valence-corrected chi connectivity index (χ2v) is 8.54. The Morgan fingerprint density at radius 3 is 2.64 bits per heavy atom. The Labute approximate surface area is 197 Å². The van der Waals surface area contributed by atoms with Crippen LogP contribution in [0.3, 0.4) is 0 Å². The molecule has 0 aliphatic rings. The summed E-state index contributed by atoms with van der Waals surface area (Å²) in [6.45, 7) is 8.92. The minimum Gasteiger partial charge on any atom is -0.497 e. The Hall–Kier alpha value is -3.52. The number of nitrogens with zero attached hydrogens (tertiary/aromatic N) is 4. The molecular formula is C25H26N4O3S. The molecule has 0 aliphatic heterocycles. The molecule has 7 nitrogen and oxygen atoms in total. The van der Waals surface area contributed by atoms with Crippen molar-refractivity contribution in [1.82, 2.24) is 19.3 Å². The van der Waals surface area contributed by atoms with E-state index in [1.165, 1.54) is 11.8 Å². The molecule has 0 saturated heterocycles. The van der Waals surface area contributed by atoms with E-state index in [2.05, 4.69) is 21.3 Å². The van der Waals surface area contributed by atoms with Crippen molar-refractivity contribution in [2.75, 3.05) is 12.9 Å². The maximum Gasteiger partial charge on any atom is 0.192 e. The second kappa shape index (κ2) is 9.95. The lowest BCUT2D eigenvalue weighted by atomic mass is 10.2. The molecule has 0 atom stereocenters. The number of carbonyl (C=O) groups is 1. The average Bonchev–Trinajstić information content (AvgIpc) is 3.55. The van der Waals surface area contributed by atoms with Crippen molar-refractivity contribution in [3.8, 4) is 17.1 Å². The normalized spacial score (nSPS) is 11.0. The lowest BCUT2D eigenvalue weighted by molar-refractivity contribution is 0.102. The topological polar surface area (TPSA) is 75.1 Å². The van der Waals surface area contributed by atoms with E-state index in [-0.39, 0.29) is 11.5 Å². The smallest absolute Gasteiger partial charge is 0.192 e. The van der Waals surface area contributed by atoms with Crippen LogP contribution in [0.5, 0.6) is 5.75 Å². The molecule has 8 heteroatoms. The summed E-state index contributed by atoms with van der Waals surface area (Å²) in [5, 5.41) is 9.46. The van der Waals surface area contributed by atoms with Gasteiger partial charge >= 0.3 is 0 Å². The summed E-state index contributed by atoms with van der Waals surface area (Å²) in [4.78, 5) is 13.0. The number of allylic oxidation sites excluding steroid dienone is 1. The third-order valence-corrected chi connectivity index (χ3v) is 6.44. The number of carbonyl (C=O) groups excluding carboxylic acids is 1. The van der Waals surface area contributed by atoms with Crippen molar-refractivity contribution in [2.24, 2.45) is 0 Å². The van der Waals surface area contributed by atoms with Crippen LogP contribution in [-0.4, -0.2) is 38.0 Å². The van der Waals surface area contributed by atoms with Gasteiger partial charge in [0, 0.05) is 29.1 Å². The molecular weight excluding hydrogens is 436 g/mol. The van der Waals surface area contributed by atoms with Gasteiger partial charge in [0.2, 0.25) is 0 Å². The average molecular weight is 463 g/mol. The highest BCUT2D eigenvalue weighted by atomic mass is 32.2. The highest BCUT2D eigenvalue weighted by Crippen LogP contribution is 2.28. The molecule has 0 fully saturated rings. The Kier molecular flexibility index (Phi) is 6.84. The molecule has 3 heterocycles. The summed E-state index contributed by atoms with van der Waals surface area (Å²) in [6, 6.07) is 13.4. The number of hydrogen-bond acceptors (Lipinski definition) is 6. The molecule has 4 rings (SSSR count). The van der Waals surface area contributed by atoms with Gasteiger partial charge in [0.15, 0.2) is 16.8 Å². The monoisotopic (exact) mass is 462 g/mol. The number of aromatic nitrogens is 4. The van der Waals surface area contributed by atoms with Gasteiger partial charge in [-0.15, -0.1) is 16.8 Å². The summed E-state index contributed by atoms with van der Waals surface area (Å²) in [6.07, 6.45) is 3.48. The number of hydrogen-bond donors (Lipinski definition) is 0. The number of ketones is 1. The van der Waals surface area contributed by atoms with Gasteiger partial charge in [-0.3, -0.25) is 9.36 Å². The van der Waals surface area contributed by atoms with Gasteiger partial charge in [-0.2, -0.15) is 0 Å². The number of benzene rings is 1. The molecule has 0 spiro atoms. The molecule has 1 aromatic carbocycles. The maximum absolute atomic E-state index is 13.0. The van der Waals surface area contributed by atoms with Crippen molar-refractivity contribution in [1.29, 1.82) is 0 Å². The van der Waals surface area contributed by atoms with Crippen LogP contribution in [0.25, 0.3) is 11.4 Å². The van der Waals surface area contributed by atoms with Crippen LogP contribution < -0.4 is 4.74 Å². The van der Waals surface area contributed by atoms with Crippen molar-refractivity contribution in [3.63, 3.8) is 0 Å². The molecule has 170 valence electrons. The standard InChI is InChI=1S/C25H26N4O3S/c1-5-12-28-17(2)14-22(18(28)3)23(30)16-33-25-27-26-24(19-8-10-20(31-4)11-9-19)29(25)15-21-7-6-13-32-21/h5-11,13-14H,1,12,15-16H2,2-4H3. The van der Waals surface area contributed by atoms with Gasteiger partial charge in [0.25, 0.3) is 0 Å². The largest absolute Gasteiger partial charge is 0.497 e. The molecule has 33 heavy (non-hydrogen) atoms. The fourth-order valence-corrected chi connectivity index (χ4v) is 4.57.